The van der Waals surface area contributed by atoms with Gasteiger partial charge in [0.2, 0.25) is 5.96 Å². The van der Waals surface area contributed by atoms with Crippen molar-refractivity contribution in [2.24, 2.45) is 10.8 Å². The standard InChI is InChI=1S/C15H27N5/c1-4-7-12-17-15(19-16)18-13-8-10-14(11-9-13)20(5-2)6-3/h8-11H,4-7,12,16H2,1-3H3,(H2,17,18,19). The van der Waals surface area contributed by atoms with Gasteiger partial charge in [0.25, 0.3) is 0 Å². The molecule has 20 heavy (non-hydrogen) atoms. The van der Waals surface area contributed by atoms with Crippen LogP contribution in [0.4, 0.5) is 11.4 Å². The van der Waals surface area contributed by atoms with E-state index in [0.29, 0.717) is 5.96 Å². The summed E-state index contributed by atoms with van der Waals surface area (Å²) < 4.78 is 0. The molecule has 0 unspecified atom stereocenters. The zero-order valence-electron chi connectivity index (χ0n) is 12.8. The van der Waals surface area contributed by atoms with Crippen molar-refractivity contribution >= 4 is 17.3 Å². The van der Waals surface area contributed by atoms with Gasteiger partial charge in [0, 0.05) is 31.0 Å². The Morgan fingerprint density at radius 1 is 1.15 bits per heavy atom. The molecule has 0 amide bonds. The normalized spacial score (nSPS) is 11.3. The number of guanidine groups is 1. The summed E-state index contributed by atoms with van der Waals surface area (Å²) in [6, 6.07) is 8.30. The van der Waals surface area contributed by atoms with Gasteiger partial charge in [-0.05, 0) is 44.5 Å². The molecule has 0 saturated heterocycles. The molecule has 5 heteroatoms. The Morgan fingerprint density at radius 3 is 2.30 bits per heavy atom. The van der Waals surface area contributed by atoms with E-state index >= 15 is 0 Å². The lowest BCUT2D eigenvalue weighted by atomic mass is 10.2. The van der Waals surface area contributed by atoms with Crippen molar-refractivity contribution in [3.63, 3.8) is 0 Å². The molecule has 0 heterocycles. The molecule has 112 valence electrons. The average molecular weight is 277 g/mol. The molecule has 0 aliphatic heterocycles. The quantitative estimate of drug-likeness (QED) is 0.236. The molecule has 1 aromatic carbocycles. The molecular formula is C15H27N5. The van der Waals surface area contributed by atoms with E-state index in [-0.39, 0.29) is 0 Å². The van der Waals surface area contributed by atoms with Gasteiger partial charge < -0.3 is 10.2 Å². The number of anilines is 2. The van der Waals surface area contributed by atoms with Gasteiger partial charge in [-0.1, -0.05) is 13.3 Å². The molecule has 0 spiro atoms. The monoisotopic (exact) mass is 277 g/mol. The van der Waals surface area contributed by atoms with Gasteiger partial charge in [-0.2, -0.15) is 0 Å². The third-order valence-electron chi connectivity index (χ3n) is 3.18. The SMILES string of the molecule is CCCCN=C(NN)Nc1ccc(N(CC)CC)cc1. The summed E-state index contributed by atoms with van der Waals surface area (Å²) in [5.74, 6) is 6.08. The van der Waals surface area contributed by atoms with E-state index in [4.69, 9.17) is 5.84 Å². The van der Waals surface area contributed by atoms with Crippen LogP contribution in [0, 0.1) is 0 Å². The summed E-state index contributed by atoms with van der Waals surface area (Å²) in [6.07, 6.45) is 2.19. The van der Waals surface area contributed by atoms with Gasteiger partial charge in [0.1, 0.15) is 0 Å². The first-order valence-corrected chi connectivity index (χ1v) is 7.38. The lowest BCUT2D eigenvalue weighted by Crippen LogP contribution is -2.36. The van der Waals surface area contributed by atoms with E-state index in [1.165, 1.54) is 5.69 Å². The first-order chi connectivity index (χ1) is 9.74. The van der Waals surface area contributed by atoms with Crippen LogP contribution in [0.5, 0.6) is 0 Å². The van der Waals surface area contributed by atoms with Gasteiger partial charge in [-0.25, -0.2) is 5.84 Å². The van der Waals surface area contributed by atoms with Crippen molar-refractivity contribution in [2.45, 2.75) is 33.6 Å². The van der Waals surface area contributed by atoms with Crippen molar-refractivity contribution in [3.05, 3.63) is 24.3 Å². The van der Waals surface area contributed by atoms with Gasteiger partial charge in [0.15, 0.2) is 0 Å². The van der Waals surface area contributed by atoms with Gasteiger partial charge in [-0.15, -0.1) is 0 Å². The molecule has 1 aromatic rings. The molecule has 4 N–H and O–H groups in total. The molecule has 5 nitrogen and oxygen atoms in total. The number of hydrazine groups is 1. The lowest BCUT2D eigenvalue weighted by Gasteiger charge is -2.21. The Morgan fingerprint density at radius 2 is 1.80 bits per heavy atom. The summed E-state index contributed by atoms with van der Waals surface area (Å²) in [4.78, 5) is 6.68. The zero-order valence-corrected chi connectivity index (χ0v) is 12.8. The molecule has 0 aliphatic carbocycles. The Hall–Kier alpha value is -1.75. The van der Waals surface area contributed by atoms with Crippen LogP contribution in [0.15, 0.2) is 29.3 Å². The molecule has 0 fully saturated rings. The predicted octanol–water partition coefficient (Wildman–Crippen LogP) is 2.56. The summed E-state index contributed by atoms with van der Waals surface area (Å²) in [7, 11) is 0. The van der Waals surface area contributed by atoms with Crippen LogP contribution in [0.25, 0.3) is 0 Å². The summed E-state index contributed by atoms with van der Waals surface area (Å²) >= 11 is 0. The maximum atomic E-state index is 5.47. The van der Waals surface area contributed by atoms with Gasteiger partial charge in [-0.3, -0.25) is 10.4 Å². The first kappa shape index (κ1) is 16.3. The molecule has 0 aromatic heterocycles. The number of benzene rings is 1. The largest absolute Gasteiger partial charge is 0.372 e. The van der Waals surface area contributed by atoms with Crippen molar-refractivity contribution in [1.82, 2.24) is 5.43 Å². The van der Waals surface area contributed by atoms with Gasteiger partial charge >= 0.3 is 0 Å². The number of aliphatic imine (C=N–C) groups is 1. The van der Waals surface area contributed by atoms with Crippen LogP contribution in [0.1, 0.15) is 33.6 Å². The van der Waals surface area contributed by atoms with E-state index < -0.39 is 0 Å². The topological polar surface area (TPSA) is 65.7 Å². The summed E-state index contributed by atoms with van der Waals surface area (Å²) in [5.41, 5.74) is 4.81. The lowest BCUT2D eigenvalue weighted by molar-refractivity contribution is 0.801. The second kappa shape index (κ2) is 9.20. The van der Waals surface area contributed by atoms with Crippen LogP contribution in [-0.4, -0.2) is 25.6 Å². The number of rotatable bonds is 7. The van der Waals surface area contributed by atoms with Crippen LogP contribution in [-0.2, 0) is 0 Å². The zero-order chi connectivity index (χ0) is 14.8. The maximum Gasteiger partial charge on any atom is 0.210 e. The minimum absolute atomic E-state index is 0.606. The number of hydrogen-bond donors (Lipinski definition) is 3. The summed E-state index contributed by atoms with van der Waals surface area (Å²) in [5, 5.41) is 3.19. The van der Waals surface area contributed by atoms with Crippen molar-refractivity contribution in [2.75, 3.05) is 29.9 Å². The molecule has 0 radical (unpaired) electrons. The number of nitrogens with one attached hydrogen (secondary N) is 2. The minimum Gasteiger partial charge on any atom is -0.372 e. The van der Waals surface area contributed by atoms with E-state index in [1.54, 1.807) is 0 Å². The summed E-state index contributed by atoms with van der Waals surface area (Å²) in [6.45, 7) is 9.26. The Balaban J connectivity index is 2.65. The fourth-order valence-electron chi connectivity index (χ4n) is 1.95. The highest BCUT2D eigenvalue weighted by Crippen LogP contribution is 2.17. The number of hydrogen-bond acceptors (Lipinski definition) is 3. The van der Waals surface area contributed by atoms with Crippen molar-refractivity contribution in [3.8, 4) is 0 Å². The van der Waals surface area contributed by atoms with Crippen molar-refractivity contribution in [1.29, 1.82) is 0 Å². The Labute approximate surface area is 122 Å². The Bertz CT molecular complexity index is 395. The van der Waals surface area contributed by atoms with Crippen LogP contribution >= 0.6 is 0 Å². The average Bonchev–Trinajstić information content (AvgIpc) is 2.49. The van der Waals surface area contributed by atoms with Gasteiger partial charge in [0.05, 0.1) is 0 Å². The van der Waals surface area contributed by atoms with Crippen LogP contribution in [0.2, 0.25) is 0 Å². The van der Waals surface area contributed by atoms with E-state index in [2.05, 4.69) is 53.5 Å². The molecular weight excluding hydrogens is 250 g/mol. The molecule has 0 saturated carbocycles. The van der Waals surface area contributed by atoms with E-state index in [9.17, 15) is 0 Å². The van der Waals surface area contributed by atoms with E-state index in [0.717, 1.165) is 38.2 Å². The predicted molar refractivity (Wildman–Crippen MR) is 88.2 cm³/mol. The van der Waals surface area contributed by atoms with Crippen LogP contribution < -0.4 is 21.5 Å². The minimum atomic E-state index is 0.606. The van der Waals surface area contributed by atoms with Crippen LogP contribution in [0.3, 0.4) is 0 Å². The molecule has 0 bridgehead atoms. The molecule has 0 atom stereocenters. The highest BCUT2D eigenvalue weighted by molar-refractivity contribution is 5.93. The van der Waals surface area contributed by atoms with Crippen molar-refractivity contribution < 1.29 is 0 Å². The molecule has 1 rings (SSSR count). The second-order valence-electron chi connectivity index (χ2n) is 4.57. The smallest absolute Gasteiger partial charge is 0.210 e. The first-order valence-electron chi connectivity index (χ1n) is 7.38. The fraction of sp³-hybridized carbons (Fsp3) is 0.533. The Kier molecular flexibility index (Phi) is 7.50. The highest BCUT2D eigenvalue weighted by atomic mass is 15.3. The number of nitrogens with two attached hydrogens (primary N) is 1. The second-order valence-corrected chi connectivity index (χ2v) is 4.57. The molecule has 0 aliphatic rings. The van der Waals surface area contributed by atoms with E-state index in [1.807, 2.05) is 12.1 Å². The highest BCUT2D eigenvalue weighted by Gasteiger charge is 2.02. The maximum absolute atomic E-state index is 5.47. The number of nitrogens with zero attached hydrogens (tertiary/aromatic N) is 2. The number of unbranched alkanes of at least 4 members (excludes halogenated alkanes) is 1. The third kappa shape index (κ3) is 5.09. The fourth-order valence-corrected chi connectivity index (χ4v) is 1.95. The third-order valence-corrected chi connectivity index (χ3v) is 3.18.